The van der Waals surface area contributed by atoms with Crippen LogP contribution in [0.3, 0.4) is 0 Å². The minimum atomic E-state index is -0.677. The number of aromatic nitrogens is 2. The van der Waals surface area contributed by atoms with E-state index in [1.165, 1.54) is 5.56 Å². The van der Waals surface area contributed by atoms with Gasteiger partial charge in [-0.2, -0.15) is 0 Å². The van der Waals surface area contributed by atoms with Crippen molar-refractivity contribution in [3.8, 4) is 0 Å². The van der Waals surface area contributed by atoms with Gasteiger partial charge in [-0.15, -0.1) is 24.8 Å². The van der Waals surface area contributed by atoms with Crippen LogP contribution in [0.25, 0.3) is 0 Å². The van der Waals surface area contributed by atoms with Crippen molar-refractivity contribution < 1.29 is 9.90 Å². The average molecular weight is 417 g/mol. The van der Waals surface area contributed by atoms with Gasteiger partial charge in [0.25, 0.3) is 0 Å². The maximum atomic E-state index is 12.1. The lowest BCUT2D eigenvalue weighted by Crippen LogP contribution is -2.45. The van der Waals surface area contributed by atoms with Crippen LogP contribution in [0.5, 0.6) is 0 Å². The topological polar surface area (TPSA) is 93.2 Å². The minimum Gasteiger partial charge on any atom is -0.391 e. The van der Waals surface area contributed by atoms with Gasteiger partial charge in [0.2, 0.25) is 5.91 Å². The number of aliphatic hydroxyl groups excluding tert-OH is 1. The van der Waals surface area contributed by atoms with Gasteiger partial charge in [-0.05, 0) is 11.5 Å². The molecule has 0 saturated carbocycles. The molecule has 8 heteroatoms. The zero-order valence-electron chi connectivity index (χ0n) is 15.7. The van der Waals surface area contributed by atoms with Gasteiger partial charge in [0, 0.05) is 25.7 Å². The van der Waals surface area contributed by atoms with Crippen molar-refractivity contribution in [2.24, 2.45) is 11.7 Å². The molecule has 2 unspecified atom stereocenters. The molecule has 6 nitrogen and oxygen atoms in total. The first-order chi connectivity index (χ1) is 12.0. The predicted molar refractivity (Wildman–Crippen MR) is 112 cm³/mol. The molecule has 0 fully saturated rings. The van der Waals surface area contributed by atoms with E-state index in [0.29, 0.717) is 6.42 Å². The van der Waals surface area contributed by atoms with Crippen LogP contribution in [-0.2, 0) is 17.8 Å². The van der Waals surface area contributed by atoms with Gasteiger partial charge in [-0.25, -0.2) is 4.98 Å². The van der Waals surface area contributed by atoms with Gasteiger partial charge in [0.1, 0.15) is 0 Å². The molecule has 4 N–H and O–H groups in total. The summed E-state index contributed by atoms with van der Waals surface area (Å²) in [6, 6.07) is 9.42. The summed E-state index contributed by atoms with van der Waals surface area (Å²) in [6.45, 7) is 4.92. The Labute approximate surface area is 173 Å². The van der Waals surface area contributed by atoms with Crippen molar-refractivity contribution in [1.82, 2.24) is 14.9 Å². The zero-order chi connectivity index (χ0) is 18.2. The first-order valence-electron chi connectivity index (χ1n) is 8.75. The van der Waals surface area contributed by atoms with E-state index in [9.17, 15) is 9.90 Å². The average Bonchev–Trinajstić information content (AvgIpc) is 3.06. The minimum absolute atomic E-state index is 0. The van der Waals surface area contributed by atoms with E-state index < -0.39 is 12.1 Å². The highest BCUT2D eigenvalue weighted by Crippen LogP contribution is 2.07. The van der Waals surface area contributed by atoms with E-state index in [1.807, 2.05) is 42.8 Å². The molecule has 0 aliphatic heterocycles. The summed E-state index contributed by atoms with van der Waals surface area (Å²) in [5, 5.41) is 12.6. The van der Waals surface area contributed by atoms with Crippen molar-refractivity contribution in [3.63, 3.8) is 0 Å². The van der Waals surface area contributed by atoms with Crippen molar-refractivity contribution in [3.05, 3.63) is 54.1 Å². The fraction of sp³-hybridized carbons (Fsp3) is 0.474. The number of nitrogens with one attached hydrogen (secondary N) is 1. The number of nitrogens with zero attached hydrogens (tertiary/aromatic N) is 2. The van der Waals surface area contributed by atoms with E-state index in [-0.39, 0.29) is 43.2 Å². The molecule has 3 atom stereocenters. The van der Waals surface area contributed by atoms with E-state index in [1.54, 1.807) is 6.33 Å². The fourth-order valence-electron chi connectivity index (χ4n) is 2.52. The Balaban J connectivity index is 0.00000338. The van der Waals surface area contributed by atoms with Gasteiger partial charge in [0.15, 0.2) is 0 Å². The maximum Gasteiger partial charge on any atom is 0.237 e. The Morgan fingerprint density at radius 3 is 2.59 bits per heavy atom. The van der Waals surface area contributed by atoms with Crippen molar-refractivity contribution in [2.45, 2.75) is 45.4 Å². The molecular weight excluding hydrogens is 387 g/mol. The number of nitrogens with two attached hydrogens (primary N) is 1. The number of hydrogen-bond donors (Lipinski definition) is 3. The van der Waals surface area contributed by atoms with Crippen LogP contribution in [0.2, 0.25) is 0 Å². The van der Waals surface area contributed by atoms with Gasteiger partial charge in [0.05, 0.1) is 24.2 Å². The standard InChI is InChI=1S/C19H28N4O2.2ClH/c1-3-14(2)18(24)10-21-19(25)17(20)9-16-12-23(13-22-16)11-15-7-5-4-6-8-15;;/h4-8,12-14,17-18,24H,3,9-11,20H2,1-2H3,(H,21,25);2*1H/t14?,17-,18?;;/m0../s1. The van der Waals surface area contributed by atoms with Crippen LogP contribution in [0.4, 0.5) is 0 Å². The summed E-state index contributed by atoms with van der Waals surface area (Å²) in [5.41, 5.74) is 7.93. The van der Waals surface area contributed by atoms with E-state index in [0.717, 1.165) is 18.7 Å². The predicted octanol–water partition coefficient (Wildman–Crippen LogP) is 2.17. The van der Waals surface area contributed by atoms with Gasteiger partial charge < -0.3 is 20.7 Å². The number of carbonyl (C=O) groups excluding carboxylic acids is 1. The van der Waals surface area contributed by atoms with E-state index >= 15 is 0 Å². The number of aliphatic hydroxyl groups is 1. The summed E-state index contributed by atoms with van der Waals surface area (Å²) < 4.78 is 1.97. The summed E-state index contributed by atoms with van der Waals surface area (Å²) in [7, 11) is 0. The fourth-order valence-corrected chi connectivity index (χ4v) is 2.52. The molecule has 1 aromatic carbocycles. The van der Waals surface area contributed by atoms with Gasteiger partial charge >= 0.3 is 0 Å². The third-order valence-electron chi connectivity index (χ3n) is 4.45. The number of imidazole rings is 1. The highest BCUT2D eigenvalue weighted by atomic mass is 35.5. The Morgan fingerprint density at radius 1 is 1.30 bits per heavy atom. The molecule has 0 aliphatic rings. The van der Waals surface area contributed by atoms with Crippen molar-refractivity contribution in [1.29, 1.82) is 0 Å². The number of halogens is 2. The van der Waals surface area contributed by atoms with Gasteiger partial charge in [-0.3, -0.25) is 4.79 Å². The molecule has 0 aliphatic carbocycles. The maximum absolute atomic E-state index is 12.1. The molecule has 27 heavy (non-hydrogen) atoms. The zero-order valence-corrected chi connectivity index (χ0v) is 17.4. The number of benzene rings is 1. The lowest BCUT2D eigenvalue weighted by Gasteiger charge is -2.19. The van der Waals surface area contributed by atoms with E-state index in [4.69, 9.17) is 5.73 Å². The highest BCUT2D eigenvalue weighted by molar-refractivity contribution is 5.85. The van der Waals surface area contributed by atoms with Crippen LogP contribution >= 0.6 is 24.8 Å². The number of amides is 1. The smallest absolute Gasteiger partial charge is 0.237 e. The first kappa shape index (κ1) is 25.4. The Hall–Kier alpha value is -1.60. The van der Waals surface area contributed by atoms with Crippen LogP contribution in [0, 0.1) is 5.92 Å². The second-order valence-electron chi connectivity index (χ2n) is 6.53. The first-order valence-corrected chi connectivity index (χ1v) is 8.75. The molecule has 1 aromatic heterocycles. The Bertz CT molecular complexity index is 667. The lowest BCUT2D eigenvalue weighted by molar-refractivity contribution is -0.123. The van der Waals surface area contributed by atoms with Crippen molar-refractivity contribution >= 4 is 30.7 Å². The molecule has 0 radical (unpaired) electrons. The van der Waals surface area contributed by atoms with Crippen LogP contribution in [-0.4, -0.2) is 39.3 Å². The van der Waals surface area contributed by atoms with Gasteiger partial charge in [-0.1, -0.05) is 50.6 Å². The molecule has 0 spiro atoms. The molecular formula is C19H30Cl2N4O2. The molecule has 0 saturated heterocycles. The largest absolute Gasteiger partial charge is 0.391 e. The molecule has 1 heterocycles. The molecule has 1 amide bonds. The molecule has 152 valence electrons. The molecule has 2 rings (SSSR count). The summed E-state index contributed by atoms with van der Waals surface area (Å²) >= 11 is 0. The normalized spacial score (nSPS) is 13.6. The van der Waals surface area contributed by atoms with Crippen LogP contribution in [0.15, 0.2) is 42.9 Å². The lowest BCUT2D eigenvalue weighted by atomic mass is 10.0. The van der Waals surface area contributed by atoms with Crippen LogP contribution < -0.4 is 11.1 Å². The summed E-state index contributed by atoms with van der Waals surface area (Å²) in [5.74, 6) is -0.120. The number of carbonyl (C=O) groups is 1. The second kappa shape index (κ2) is 12.7. The third kappa shape index (κ3) is 8.30. The third-order valence-corrected chi connectivity index (χ3v) is 4.45. The summed E-state index contributed by atoms with van der Waals surface area (Å²) in [4.78, 5) is 16.4. The molecule has 2 aromatic rings. The monoisotopic (exact) mass is 416 g/mol. The SMILES string of the molecule is CCC(C)C(O)CNC(=O)[C@@H](N)Cc1cn(Cc2ccccc2)cn1.Cl.Cl. The highest BCUT2D eigenvalue weighted by Gasteiger charge is 2.18. The van der Waals surface area contributed by atoms with Crippen LogP contribution in [0.1, 0.15) is 31.5 Å². The van der Waals surface area contributed by atoms with Crippen molar-refractivity contribution in [2.75, 3.05) is 6.54 Å². The Morgan fingerprint density at radius 2 is 1.96 bits per heavy atom. The molecule has 0 bridgehead atoms. The number of hydrogen-bond acceptors (Lipinski definition) is 4. The quantitative estimate of drug-likeness (QED) is 0.583. The van der Waals surface area contributed by atoms with E-state index in [2.05, 4.69) is 22.4 Å². The Kier molecular flexibility index (Phi) is 12.0. The second-order valence-corrected chi connectivity index (χ2v) is 6.53. The number of rotatable bonds is 9. The summed E-state index contributed by atoms with van der Waals surface area (Å²) in [6.07, 6.45) is 4.34.